The van der Waals surface area contributed by atoms with E-state index < -0.39 is 26.4 Å². The number of carbonyl (C=O) groups is 1. The van der Waals surface area contributed by atoms with Gasteiger partial charge in [0.2, 0.25) is 5.95 Å². The molecule has 0 unspecified atom stereocenters. The number of nitrogens with one attached hydrogen (secondary N) is 2. The van der Waals surface area contributed by atoms with Crippen LogP contribution in [0.1, 0.15) is 12.7 Å². The number of anilines is 1. The molecule has 0 aromatic carbocycles. The van der Waals surface area contributed by atoms with Gasteiger partial charge in [-0.15, -0.1) is 5.10 Å². The van der Waals surface area contributed by atoms with E-state index in [9.17, 15) is 9.36 Å². The molecule has 0 bridgehead atoms. The van der Waals surface area contributed by atoms with Crippen LogP contribution in [0.25, 0.3) is 0 Å². The number of aliphatic carboxylic acids is 1. The van der Waals surface area contributed by atoms with Crippen LogP contribution >= 0.6 is 7.60 Å². The standard InChI is InChI=1S/C4H8N4.C3H8NO5P/c1-2-3-6-4(5)8-7-3;5-3(6)1-4-2-10(7,8)9/h2H2,1H3,(H3,5,6,7,8);4H,1-2H2,(H,5,6)(H2,7,8,9). The van der Waals surface area contributed by atoms with Crippen LogP contribution in [0.2, 0.25) is 0 Å². The molecule has 0 saturated carbocycles. The molecular weight excluding hydrogens is 265 g/mol. The van der Waals surface area contributed by atoms with E-state index >= 15 is 0 Å². The number of carboxylic acid groups (broad SMARTS) is 1. The monoisotopic (exact) mass is 281 g/mol. The molecule has 1 rings (SSSR count). The Hall–Kier alpha value is -1.48. The lowest BCUT2D eigenvalue weighted by molar-refractivity contribution is -0.135. The average molecular weight is 281 g/mol. The molecule has 18 heavy (non-hydrogen) atoms. The van der Waals surface area contributed by atoms with Gasteiger partial charge >= 0.3 is 13.6 Å². The van der Waals surface area contributed by atoms with Crippen LogP contribution in [0, 0.1) is 0 Å². The van der Waals surface area contributed by atoms with Gasteiger partial charge in [0.25, 0.3) is 0 Å². The minimum atomic E-state index is -4.10. The second kappa shape index (κ2) is 7.77. The summed E-state index contributed by atoms with van der Waals surface area (Å²) >= 11 is 0. The largest absolute Gasteiger partial charge is 0.480 e. The van der Waals surface area contributed by atoms with Gasteiger partial charge < -0.3 is 20.6 Å². The lowest BCUT2D eigenvalue weighted by Crippen LogP contribution is -2.23. The van der Waals surface area contributed by atoms with E-state index in [-0.39, 0.29) is 0 Å². The van der Waals surface area contributed by atoms with Crippen LogP contribution in [-0.2, 0) is 15.8 Å². The lowest BCUT2D eigenvalue weighted by Gasteiger charge is -2.02. The molecule has 0 fully saturated rings. The van der Waals surface area contributed by atoms with Gasteiger partial charge in [-0.1, -0.05) is 6.92 Å². The van der Waals surface area contributed by atoms with Crippen LogP contribution in [0.4, 0.5) is 5.95 Å². The van der Waals surface area contributed by atoms with Crippen molar-refractivity contribution in [2.24, 2.45) is 0 Å². The third-order valence-electron chi connectivity index (χ3n) is 1.48. The molecule has 1 aromatic rings. The van der Waals surface area contributed by atoms with Crippen molar-refractivity contribution in [3.8, 4) is 0 Å². The number of hydrogen-bond donors (Lipinski definition) is 6. The highest BCUT2D eigenvalue weighted by atomic mass is 31.2. The quantitative estimate of drug-likeness (QED) is 0.360. The van der Waals surface area contributed by atoms with Crippen molar-refractivity contribution in [1.29, 1.82) is 0 Å². The maximum absolute atomic E-state index is 10.1. The molecule has 0 spiro atoms. The number of rotatable bonds is 5. The Balaban J connectivity index is 0.000000327. The summed E-state index contributed by atoms with van der Waals surface area (Å²) in [5.41, 5.74) is 5.20. The summed E-state index contributed by atoms with van der Waals surface area (Å²) < 4.78 is 10.1. The molecule has 0 atom stereocenters. The first-order valence-corrected chi connectivity index (χ1v) is 6.68. The molecule has 0 radical (unpaired) electrons. The third kappa shape index (κ3) is 9.73. The molecule has 1 aromatic heterocycles. The Morgan fingerprint density at radius 2 is 2.17 bits per heavy atom. The topological polar surface area (TPSA) is 174 Å². The molecule has 0 amide bonds. The molecule has 0 aliphatic heterocycles. The number of aromatic amines is 1. The second-order valence-electron chi connectivity index (χ2n) is 3.14. The van der Waals surface area contributed by atoms with Crippen molar-refractivity contribution in [2.45, 2.75) is 13.3 Å². The van der Waals surface area contributed by atoms with Gasteiger partial charge in [-0.25, -0.2) is 0 Å². The van der Waals surface area contributed by atoms with Gasteiger partial charge in [0.1, 0.15) is 5.82 Å². The molecule has 1 heterocycles. The van der Waals surface area contributed by atoms with E-state index in [4.69, 9.17) is 20.6 Å². The van der Waals surface area contributed by atoms with Crippen molar-refractivity contribution < 1.29 is 24.3 Å². The van der Waals surface area contributed by atoms with Crippen LogP contribution in [0.15, 0.2) is 0 Å². The molecule has 10 nitrogen and oxygen atoms in total. The zero-order chi connectivity index (χ0) is 14.2. The van der Waals surface area contributed by atoms with E-state index in [1.807, 2.05) is 6.92 Å². The summed E-state index contributed by atoms with van der Waals surface area (Å²) in [7, 11) is -4.10. The van der Waals surface area contributed by atoms with Crippen molar-refractivity contribution in [1.82, 2.24) is 20.5 Å². The Kier molecular flexibility index (Phi) is 7.13. The number of carboxylic acids is 1. The normalized spacial score (nSPS) is 10.6. The van der Waals surface area contributed by atoms with Crippen LogP contribution < -0.4 is 11.1 Å². The molecule has 0 saturated heterocycles. The molecule has 11 heteroatoms. The summed E-state index contributed by atoms with van der Waals surface area (Å²) in [6, 6.07) is 0. The number of hydrogen-bond acceptors (Lipinski definition) is 6. The molecule has 104 valence electrons. The molecule has 0 aliphatic rings. The fraction of sp³-hybridized carbons (Fsp3) is 0.571. The highest BCUT2D eigenvalue weighted by molar-refractivity contribution is 7.51. The fourth-order valence-electron chi connectivity index (χ4n) is 0.777. The van der Waals surface area contributed by atoms with Gasteiger partial charge in [0.05, 0.1) is 12.8 Å². The summed E-state index contributed by atoms with van der Waals surface area (Å²) in [6.07, 6.45) is 0.253. The number of nitrogens with two attached hydrogens (primary N) is 1. The maximum Gasteiger partial charge on any atom is 0.339 e. The molecular formula is C7H16N5O5P. The van der Waals surface area contributed by atoms with Gasteiger partial charge in [-0.05, 0) is 0 Å². The first-order valence-electron chi connectivity index (χ1n) is 4.88. The Bertz CT molecular complexity index is 416. The predicted octanol–water partition coefficient (Wildman–Crippen LogP) is -1.25. The van der Waals surface area contributed by atoms with E-state index in [0.717, 1.165) is 12.2 Å². The summed E-state index contributed by atoms with van der Waals surface area (Å²) in [6.45, 7) is 1.55. The minimum Gasteiger partial charge on any atom is -0.480 e. The van der Waals surface area contributed by atoms with Crippen molar-refractivity contribution >= 4 is 19.5 Å². The first-order chi connectivity index (χ1) is 8.24. The summed E-state index contributed by atoms with van der Waals surface area (Å²) in [5, 5.41) is 16.4. The second-order valence-corrected chi connectivity index (χ2v) is 4.78. The van der Waals surface area contributed by atoms with Crippen LogP contribution in [0.5, 0.6) is 0 Å². The minimum absolute atomic E-state index is 0.321. The van der Waals surface area contributed by atoms with Gasteiger partial charge in [0, 0.05) is 6.42 Å². The SMILES string of the molecule is CCc1nc(N)n[nH]1.O=C(O)CNCP(=O)(O)O. The summed E-state index contributed by atoms with van der Waals surface area (Å²) in [4.78, 5) is 30.0. The Morgan fingerprint density at radius 3 is 2.44 bits per heavy atom. The molecule has 7 N–H and O–H groups in total. The smallest absolute Gasteiger partial charge is 0.339 e. The van der Waals surface area contributed by atoms with Crippen LogP contribution in [0.3, 0.4) is 0 Å². The van der Waals surface area contributed by atoms with Crippen molar-refractivity contribution in [2.75, 3.05) is 18.6 Å². The van der Waals surface area contributed by atoms with Crippen molar-refractivity contribution in [3.63, 3.8) is 0 Å². The van der Waals surface area contributed by atoms with E-state index in [1.54, 1.807) is 0 Å². The lowest BCUT2D eigenvalue weighted by atomic mass is 10.5. The zero-order valence-corrected chi connectivity index (χ0v) is 10.6. The van der Waals surface area contributed by atoms with Gasteiger partial charge in [0.15, 0.2) is 0 Å². The highest BCUT2D eigenvalue weighted by Gasteiger charge is 2.11. The van der Waals surface area contributed by atoms with Crippen molar-refractivity contribution in [3.05, 3.63) is 5.82 Å². The first kappa shape index (κ1) is 16.5. The maximum atomic E-state index is 10.1. The average Bonchev–Trinajstić information content (AvgIpc) is 2.62. The molecule has 0 aliphatic carbocycles. The van der Waals surface area contributed by atoms with E-state index in [0.29, 0.717) is 5.95 Å². The van der Waals surface area contributed by atoms with Crippen LogP contribution in [-0.4, -0.2) is 48.9 Å². The van der Waals surface area contributed by atoms with E-state index in [1.165, 1.54) is 0 Å². The number of H-pyrrole nitrogens is 1. The van der Waals surface area contributed by atoms with Gasteiger partial charge in [-0.3, -0.25) is 19.8 Å². The van der Waals surface area contributed by atoms with Gasteiger partial charge in [-0.2, -0.15) is 4.98 Å². The number of aryl methyl sites for hydroxylation is 1. The summed E-state index contributed by atoms with van der Waals surface area (Å²) in [5.74, 6) is 0.0119. The number of nitrogen functional groups attached to an aromatic ring is 1. The third-order valence-corrected chi connectivity index (χ3v) is 2.11. The van der Waals surface area contributed by atoms with E-state index in [2.05, 4.69) is 20.5 Å². The highest BCUT2D eigenvalue weighted by Crippen LogP contribution is 2.31. The Morgan fingerprint density at radius 1 is 1.56 bits per heavy atom. The Labute approximate surface area is 103 Å². The number of nitrogens with zero attached hydrogens (tertiary/aromatic N) is 2. The fourth-order valence-corrected chi connectivity index (χ4v) is 1.18. The zero-order valence-electron chi connectivity index (χ0n) is 9.70. The number of aromatic nitrogens is 3. The predicted molar refractivity (Wildman–Crippen MR) is 62.7 cm³/mol.